The number of hydrogen-bond acceptors (Lipinski definition) is 3. The van der Waals surface area contributed by atoms with Gasteiger partial charge < -0.3 is 10.2 Å². The summed E-state index contributed by atoms with van der Waals surface area (Å²) >= 11 is 5.18. The molecule has 2 nitrogen and oxygen atoms in total. The number of hydrogen-bond donors (Lipinski definition) is 1. The summed E-state index contributed by atoms with van der Waals surface area (Å²) in [6.45, 7) is 3.91. The second kappa shape index (κ2) is 4.73. The van der Waals surface area contributed by atoms with Crippen LogP contribution >= 0.6 is 27.3 Å². The lowest BCUT2D eigenvalue weighted by atomic mass is 10.0. The Bertz CT molecular complexity index is 489. The molecular weight excluding hydrogens is 286 g/mol. The van der Waals surface area contributed by atoms with Crippen LogP contribution < -0.4 is 5.73 Å². The summed E-state index contributed by atoms with van der Waals surface area (Å²) in [7, 11) is 0. The maximum absolute atomic E-state index is 6.18. The zero-order chi connectivity index (χ0) is 11.7. The van der Waals surface area contributed by atoms with E-state index in [0.717, 1.165) is 28.0 Å². The quantitative estimate of drug-likeness (QED) is 0.931. The monoisotopic (exact) mass is 299 g/mol. The molecule has 0 aliphatic carbocycles. The van der Waals surface area contributed by atoms with Gasteiger partial charge in [-0.1, -0.05) is 0 Å². The average molecular weight is 300 g/mol. The first-order chi connectivity index (χ1) is 7.56. The van der Waals surface area contributed by atoms with Gasteiger partial charge in [-0.3, -0.25) is 0 Å². The summed E-state index contributed by atoms with van der Waals surface area (Å²) in [6, 6.07) is 4.16. The van der Waals surface area contributed by atoms with Crippen LogP contribution in [0.5, 0.6) is 0 Å². The Morgan fingerprint density at radius 3 is 2.69 bits per heavy atom. The summed E-state index contributed by atoms with van der Waals surface area (Å²) in [6.07, 6.45) is 0.857. The number of aryl methyl sites for hydroxylation is 2. The van der Waals surface area contributed by atoms with Gasteiger partial charge in [-0.15, -0.1) is 11.3 Å². The second-order valence-corrected chi connectivity index (χ2v) is 5.82. The molecule has 4 heteroatoms. The number of thiophene rings is 1. The van der Waals surface area contributed by atoms with E-state index in [9.17, 15) is 0 Å². The molecule has 0 aliphatic heterocycles. The molecule has 0 saturated heterocycles. The molecule has 2 rings (SSSR count). The summed E-state index contributed by atoms with van der Waals surface area (Å²) < 4.78 is 6.62. The Labute approximate surface area is 108 Å². The minimum absolute atomic E-state index is 0.0167. The van der Waals surface area contributed by atoms with E-state index in [1.165, 1.54) is 4.88 Å². The van der Waals surface area contributed by atoms with Gasteiger partial charge in [0.05, 0.1) is 0 Å². The molecule has 0 amide bonds. The van der Waals surface area contributed by atoms with Gasteiger partial charge in [0, 0.05) is 32.8 Å². The molecule has 16 heavy (non-hydrogen) atoms. The van der Waals surface area contributed by atoms with E-state index in [0.29, 0.717) is 0 Å². The van der Waals surface area contributed by atoms with E-state index in [1.807, 2.05) is 19.9 Å². The molecule has 0 aliphatic rings. The van der Waals surface area contributed by atoms with Gasteiger partial charge in [-0.05, 0) is 41.9 Å². The SMILES string of the molecule is Cc1cc(C(N)Cc2cc(Br)cs2)c(C)o1. The van der Waals surface area contributed by atoms with E-state index in [4.69, 9.17) is 10.2 Å². The Hall–Kier alpha value is -0.580. The van der Waals surface area contributed by atoms with E-state index in [1.54, 1.807) is 11.3 Å². The summed E-state index contributed by atoms with van der Waals surface area (Å²) in [5.74, 6) is 1.86. The van der Waals surface area contributed by atoms with Crippen LogP contribution in [-0.4, -0.2) is 0 Å². The zero-order valence-electron chi connectivity index (χ0n) is 9.29. The van der Waals surface area contributed by atoms with Crippen molar-refractivity contribution in [3.05, 3.63) is 43.9 Å². The van der Waals surface area contributed by atoms with Gasteiger partial charge in [0.1, 0.15) is 11.5 Å². The molecule has 0 saturated carbocycles. The third kappa shape index (κ3) is 2.56. The maximum Gasteiger partial charge on any atom is 0.105 e. The molecule has 86 valence electrons. The molecule has 0 bridgehead atoms. The normalized spacial score (nSPS) is 13.0. The van der Waals surface area contributed by atoms with Crippen molar-refractivity contribution in [2.24, 2.45) is 5.73 Å². The molecule has 0 radical (unpaired) electrons. The van der Waals surface area contributed by atoms with Crippen molar-refractivity contribution in [3.63, 3.8) is 0 Å². The Kier molecular flexibility index (Phi) is 3.52. The molecule has 1 atom stereocenters. The molecule has 0 aromatic carbocycles. The Morgan fingerprint density at radius 2 is 2.19 bits per heavy atom. The highest BCUT2D eigenvalue weighted by Crippen LogP contribution is 2.27. The van der Waals surface area contributed by atoms with E-state index < -0.39 is 0 Å². The highest BCUT2D eigenvalue weighted by Gasteiger charge is 2.14. The van der Waals surface area contributed by atoms with Crippen molar-refractivity contribution in [3.8, 4) is 0 Å². The Balaban J connectivity index is 2.14. The molecule has 2 aromatic heterocycles. The van der Waals surface area contributed by atoms with Gasteiger partial charge in [0.25, 0.3) is 0 Å². The third-order valence-corrected chi connectivity index (χ3v) is 4.24. The smallest absolute Gasteiger partial charge is 0.105 e. The van der Waals surface area contributed by atoms with Crippen LogP contribution in [0.15, 0.2) is 26.4 Å². The van der Waals surface area contributed by atoms with Crippen molar-refractivity contribution in [2.45, 2.75) is 26.3 Å². The van der Waals surface area contributed by atoms with Crippen LogP contribution in [-0.2, 0) is 6.42 Å². The minimum Gasteiger partial charge on any atom is -0.466 e. The van der Waals surface area contributed by atoms with Crippen LogP contribution in [0.2, 0.25) is 0 Å². The largest absolute Gasteiger partial charge is 0.466 e. The summed E-state index contributed by atoms with van der Waals surface area (Å²) in [5.41, 5.74) is 7.29. The van der Waals surface area contributed by atoms with E-state index in [2.05, 4.69) is 27.4 Å². The minimum atomic E-state index is 0.0167. The summed E-state index contributed by atoms with van der Waals surface area (Å²) in [4.78, 5) is 1.29. The topological polar surface area (TPSA) is 39.2 Å². The fourth-order valence-corrected chi connectivity index (χ4v) is 3.32. The van der Waals surface area contributed by atoms with Crippen molar-refractivity contribution < 1.29 is 4.42 Å². The lowest BCUT2D eigenvalue weighted by Crippen LogP contribution is -2.12. The van der Waals surface area contributed by atoms with Gasteiger partial charge in [-0.25, -0.2) is 0 Å². The third-order valence-electron chi connectivity index (χ3n) is 2.52. The van der Waals surface area contributed by atoms with Gasteiger partial charge >= 0.3 is 0 Å². The molecule has 0 fully saturated rings. The van der Waals surface area contributed by atoms with Crippen molar-refractivity contribution in [1.82, 2.24) is 0 Å². The van der Waals surface area contributed by atoms with Crippen LogP contribution in [0.1, 0.15) is 28.0 Å². The maximum atomic E-state index is 6.18. The first kappa shape index (κ1) is 11.9. The highest BCUT2D eigenvalue weighted by molar-refractivity contribution is 9.10. The lowest BCUT2D eigenvalue weighted by Gasteiger charge is -2.08. The van der Waals surface area contributed by atoms with E-state index in [-0.39, 0.29) is 6.04 Å². The fourth-order valence-electron chi connectivity index (χ4n) is 1.81. The zero-order valence-corrected chi connectivity index (χ0v) is 11.7. The molecule has 0 spiro atoms. The lowest BCUT2D eigenvalue weighted by molar-refractivity contribution is 0.497. The molecule has 2 N–H and O–H groups in total. The predicted octanol–water partition coefficient (Wildman–Crippen LogP) is 3.96. The summed E-state index contributed by atoms with van der Waals surface area (Å²) in [5, 5.41) is 2.08. The Morgan fingerprint density at radius 1 is 1.44 bits per heavy atom. The second-order valence-electron chi connectivity index (χ2n) is 3.91. The predicted molar refractivity (Wildman–Crippen MR) is 70.8 cm³/mol. The van der Waals surface area contributed by atoms with Crippen molar-refractivity contribution in [2.75, 3.05) is 0 Å². The van der Waals surface area contributed by atoms with Crippen LogP contribution in [0.4, 0.5) is 0 Å². The van der Waals surface area contributed by atoms with E-state index >= 15 is 0 Å². The highest BCUT2D eigenvalue weighted by atomic mass is 79.9. The van der Waals surface area contributed by atoms with Gasteiger partial charge in [0.2, 0.25) is 0 Å². The standard InChI is InChI=1S/C12H14BrNOS/c1-7-3-11(8(2)15-7)12(14)5-10-4-9(13)6-16-10/h3-4,6,12H,5,14H2,1-2H3. The van der Waals surface area contributed by atoms with Crippen molar-refractivity contribution in [1.29, 1.82) is 0 Å². The molecule has 2 aromatic rings. The van der Waals surface area contributed by atoms with Crippen LogP contribution in [0.3, 0.4) is 0 Å². The van der Waals surface area contributed by atoms with Gasteiger partial charge in [0.15, 0.2) is 0 Å². The fraction of sp³-hybridized carbons (Fsp3) is 0.333. The average Bonchev–Trinajstić information content (AvgIpc) is 2.73. The molecular formula is C12H14BrNOS. The number of rotatable bonds is 3. The van der Waals surface area contributed by atoms with Crippen molar-refractivity contribution >= 4 is 27.3 Å². The number of halogens is 1. The number of furan rings is 1. The van der Waals surface area contributed by atoms with Gasteiger partial charge in [-0.2, -0.15) is 0 Å². The molecule has 1 unspecified atom stereocenters. The first-order valence-electron chi connectivity index (χ1n) is 5.11. The van der Waals surface area contributed by atoms with Crippen LogP contribution in [0, 0.1) is 13.8 Å². The number of nitrogens with two attached hydrogens (primary N) is 1. The van der Waals surface area contributed by atoms with Crippen LogP contribution in [0.25, 0.3) is 0 Å². The molecule has 2 heterocycles. The first-order valence-corrected chi connectivity index (χ1v) is 6.79.